The van der Waals surface area contributed by atoms with Gasteiger partial charge in [-0.05, 0) is 55.3 Å². The molecule has 1 aromatic heterocycles. The number of amides is 1. The second-order valence-corrected chi connectivity index (χ2v) is 9.81. The number of hydrogen-bond acceptors (Lipinski definition) is 5. The normalized spacial score (nSPS) is 13.6. The Hall–Kier alpha value is -3.23. The van der Waals surface area contributed by atoms with Gasteiger partial charge >= 0.3 is 0 Å². The Balaban J connectivity index is 1.45. The number of benzene rings is 2. The van der Waals surface area contributed by atoms with E-state index >= 15 is 0 Å². The van der Waals surface area contributed by atoms with E-state index < -0.39 is 9.84 Å². The average Bonchev–Trinajstić information content (AvgIpc) is 3.34. The average molecular weight is 469 g/mol. The van der Waals surface area contributed by atoms with Gasteiger partial charge in [-0.1, -0.05) is 17.7 Å². The highest BCUT2D eigenvalue weighted by Crippen LogP contribution is 2.25. The Morgan fingerprint density at radius 3 is 2.66 bits per heavy atom. The molecule has 2 aromatic carbocycles. The van der Waals surface area contributed by atoms with Crippen molar-refractivity contribution in [1.82, 2.24) is 9.55 Å². The van der Waals surface area contributed by atoms with Gasteiger partial charge in [-0.15, -0.1) is 0 Å². The molecule has 0 unspecified atom stereocenters. The molecule has 0 atom stereocenters. The Kier molecular flexibility index (Phi) is 6.53. The van der Waals surface area contributed by atoms with Crippen molar-refractivity contribution in [2.24, 2.45) is 4.99 Å². The molecule has 4 rings (SSSR count). The molecule has 1 amide bonds. The van der Waals surface area contributed by atoms with E-state index in [1.54, 1.807) is 47.7 Å². The number of anilines is 1. The molecule has 0 radical (unpaired) electrons. The van der Waals surface area contributed by atoms with Gasteiger partial charge in [0, 0.05) is 52.7 Å². The molecule has 0 bridgehead atoms. The third kappa shape index (κ3) is 5.15. The second-order valence-electron chi connectivity index (χ2n) is 7.29. The van der Waals surface area contributed by atoms with Crippen molar-refractivity contribution in [2.45, 2.75) is 24.3 Å². The SMILES string of the molecule is O=C(Nc1ccc(Cl)c(C2=NC=CCC2)c1)c1ccc(S(=O)(=O)CCn2ccnc2)cc1. The van der Waals surface area contributed by atoms with E-state index in [1.807, 2.05) is 6.08 Å². The van der Waals surface area contributed by atoms with Gasteiger partial charge in [-0.3, -0.25) is 9.79 Å². The van der Waals surface area contributed by atoms with Crippen molar-refractivity contribution in [3.63, 3.8) is 0 Å². The van der Waals surface area contributed by atoms with Crippen LogP contribution in [0.25, 0.3) is 0 Å². The van der Waals surface area contributed by atoms with Crippen molar-refractivity contribution in [3.05, 3.63) is 89.6 Å². The molecular weight excluding hydrogens is 448 g/mol. The summed E-state index contributed by atoms with van der Waals surface area (Å²) < 4.78 is 26.8. The first-order valence-electron chi connectivity index (χ1n) is 10.0. The van der Waals surface area contributed by atoms with Gasteiger partial charge in [0.25, 0.3) is 5.91 Å². The monoisotopic (exact) mass is 468 g/mol. The molecule has 0 aliphatic carbocycles. The fourth-order valence-corrected chi connectivity index (χ4v) is 4.77. The standard InChI is InChI=1S/C23H21ClN4O3S/c24-21-9-6-18(15-20(21)22-3-1-2-10-26-22)27-23(29)17-4-7-19(8-5-17)32(30,31)14-13-28-12-11-25-16-28/h2,4-12,15-16H,1,3,13-14H2,(H,27,29). The molecule has 7 nitrogen and oxygen atoms in total. The van der Waals surface area contributed by atoms with E-state index in [0.29, 0.717) is 22.8 Å². The van der Waals surface area contributed by atoms with E-state index in [2.05, 4.69) is 15.3 Å². The zero-order chi connectivity index (χ0) is 22.6. The maximum atomic E-state index is 12.7. The van der Waals surface area contributed by atoms with Crippen molar-refractivity contribution in [3.8, 4) is 0 Å². The quantitative estimate of drug-likeness (QED) is 0.557. The number of allylic oxidation sites excluding steroid dienone is 1. The van der Waals surface area contributed by atoms with Crippen LogP contribution in [0.4, 0.5) is 5.69 Å². The van der Waals surface area contributed by atoms with Gasteiger partial charge < -0.3 is 9.88 Å². The molecule has 2 heterocycles. The maximum absolute atomic E-state index is 12.7. The molecule has 164 valence electrons. The van der Waals surface area contributed by atoms with Gasteiger partial charge in [-0.2, -0.15) is 0 Å². The number of aryl methyl sites for hydroxylation is 1. The number of nitrogens with zero attached hydrogens (tertiary/aromatic N) is 3. The third-order valence-corrected chi connectivity index (χ3v) is 7.11. The number of aromatic nitrogens is 2. The number of nitrogens with one attached hydrogen (secondary N) is 1. The Bertz CT molecular complexity index is 1280. The first-order valence-corrected chi connectivity index (χ1v) is 12.1. The number of imidazole rings is 1. The minimum absolute atomic E-state index is 0.0540. The predicted molar refractivity (Wildman–Crippen MR) is 125 cm³/mol. The van der Waals surface area contributed by atoms with Gasteiger partial charge in [0.05, 0.1) is 17.0 Å². The van der Waals surface area contributed by atoms with Crippen LogP contribution in [0, 0.1) is 0 Å². The molecule has 0 fully saturated rings. The minimum Gasteiger partial charge on any atom is -0.336 e. The molecule has 0 saturated heterocycles. The molecule has 1 N–H and O–H groups in total. The van der Waals surface area contributed by atoms with Crippen LogP contribution in [0.15, 0.2) is 83.3 Å². The van der Waals surface area contributed by atoms with Crippen LogP contribution in [-0.2, 0) is 16.4 Å². The van der Waals surface area contributed by atoms with Crippen LogP contribution in [0.1, 0.15) is 28.8 Å². The number of sulfone groups is 1. The van der Waals surface area contributed by atoms with E-state index in [-0.39, 0.29) is 16.6 Å². The Morgan fingerprint density at radius 1 is 1.16 bits per heavy atom. The smallest absolute Gasteiger partial charge is 0.255 e. The molecule has 9 heteroatoms. The van der Waals surface area contributed by atoms with E-state index in [0.717, 1.165) is 24.1 Å². The molecule has 0 spiro atoms. The summed E-state index contributed by atoms with van der Waals surface area (Å²) in [5.41, 5.74) is 2.60. The van der Waals surface area contributed by atoms with Crippen LogP contribution < -0.4 is 5.32 Å². The van der Waals surface area contributed by atoms with Gasteiger partial charge in [0.1, 0.15) is 0 Å². The number of hydrogen-bond donors (Lipinski definition) is 1. The van der Waals surface area contributed by atoms with Gasteiger partial charge in [0.15, 0.2) is 9.84 Å². The summed E-state index contributed by atoms with van der Waals surface area (Å²) in [4.78, 5) is 21.1. The van der Waals surface area contributed by atoms with Crippen molar-refractivity contribution < 1.29 is 13.2 Å². The highest BCUT2D eigenvalue weighted by molar-refractivity contribution is 7.91. The lowest BCUT2D eigenvalue weighted by Crippen LogP contribution is -2.14. The highest BCUT2D eigenvalue weighted by Gasteiger charge is 2.16. The first-order chi connectivity index (χ1) is 15.4. The Morgan fingerprint density at radius 2 is 1.97 bits per heavy atom. The zero-order valence-electron chi connectivity index (χ0n) is 17.1. The molecule has 32 heavy (non-hydrogen) atoms. The topological polar surface area (TPSA) is 93.4 Å². The number of carbonyl (C=O) groups excluding carboxylic acids is 1. The predicted octanol–water partition coefficient (Wildman–Crippen LogP) is 4.36. The summed E-state index contributed by atoms with van der Waals surface area (Å²) in [6.07, 6.45) is 10.3. The number of halogens is 1. The summed E-state index contributed by atoms with van der Waals surface area (Å²) in [7, 11) is -3.47. The lowest BCUT2D eigenvalue weighted by atomic mass is 10.0. The molecular formula is C23H21ClN4O3S. The molecule has 0 saturated carbocycles. The van der Waals surface area contributed by atoms with Crippen LogP contribution >= 0.6 is 11.6 Å². The van der Waals surface area contributed by atoms with Crippen LogP contribution in [0.5, 0.6) is 0 Å². The lowest BCUT2D eigenvalue weighted by molar-refractivity contribution is 0.102. The van der Waals surface area contributed by atoms with E-state index in [4.69, 9.17) is 11.6 Å². The van der Waals surface area contributed by atoms with Crippen LogP contribution in [-0.4, -0.2) is 35.3 Å². The summed E-state index contributed by atoms with van der Waals surface area (Å²) in [6, 6.07) is 11.2. The second kappa shape index (κ2) is 9.50. The third-order valence-electron chi connectivity index (χ3n) is 5.07. The Labute approximate surface area is 191 Å². The number of carbonyl (C=O) groups is 1. The lowest BCUT2D eigenvalue weighted by Gasteiger charge is -2.12. The first kappa shape index (κ1) is 22.0. The fourth-order valence-electron chi connectivity index (χ4n) is 3.31. The summed E-state index contributed by atoms with van der Waals surface area (Å²) in [5, 5.41) is 3.41. The van der Waals surface area contributed by atoms with E-state index in [1.165, 1.54) is 24.3 Å². The molecule has 3 aromatic rings. The zero-order valence-corrected chi connectivity index (χ0v) is 18.7. The van der Waals surface area contributed by atoms with Crippen molar-refractivity contribution in [2.75, 3.05) is 11.1 Å². The van der Waals surface area contributed by atoms with Gasteiger partial charge in [0.2, 0.25) is 0 Å². The van der Waals surface area contributed by atoms with E-state index in [9.17, 15) is 13.2 Å². The van der Waals surface area contributed by atoms with Gasteiger partial charge in [-0.25, -0.2) is 13.4 Å². The summed E-state index contributed by atoms with van der Waals surface area (Å²) in [5.74, 6) is -0.396. The largest absolute Gasteiger partial charge is 0.336 e. The molecule has 1 aliphatic heterocycles. The summed E-state index contributed by atoms with van der Waals surface area (Å²) >= 11 is 6.32. The number of aliphatic imine (C=N–C) groups is 1. The number of rotatable bonds is 7. The van der Waals surface area contributed by atoms with Crippen molar-refractivity contribution >= 4 is 38.7 Å². The highest BCUT2D eigenvalue weighted by atomic mass is 35.5. The molecule has 1 aliphatic rings. The maximum Gasteiger partial charge on any atom is 0.255 e. The fraction of sp³-hybridized carbons (Fsp3) is 0.174. The minimum atomic E-state index is -3.47. The van der Waals surface area contributed by atoms with Crippen LogP contribution in [0.2, 0.25) is 5.02 Å². The van der Waals surface area contributed by atoms with Crippen LogP contribution in [0.3, 0.4) is 0 Å². The summed E-state index contributed by atoms with van der Waals surface area (Å²) in [6.45, 7) is 0.310. The van der Waals surface area contributed by atoms with Crippen molar-refractivity contribution in [1.29, 1.82) is 0 Å².